The van der Waals surface area contributed by atoms with Crippen LogP contribution in [0.1, 0.15) is 30.9 Å². The lowest BCUT2D eigenvalue weighted by molar-refractivity contribution is 0.512. The second-order valence-electron chi connectivity index (χ2n) is 6.44. The summed E-state index contributed by atoms with van der Waals surface area (Å²) in [4.78, 5) is 0. The number of hydrogen-bond donors (Lipinski definition) is 2. The fraction of sp³-hybridized carbons (Fsp3) is 0.316. The van der Waals surface area contributed by atoms with Gasteiger partial charge >= 0.3 is 0 Å². The summed E-state index contributed by atoms with van der Waals surface area (Å²) in [5.74, 6) is 0. The van der Waals surface area contributed by atoms with Crippen molar-refractivity contribution in [1.82, 2.24) is 5.32 Å². The summed E-state index contributed by atoms with van der Waals surface area (Å²) < 4.78 is 1.11. The lowest BCUT2D eigenvalue weighted by Crippen LogP contribution is -2.43. The molecule has 0 radical (unpaired) electrons. The van der Waals surface area contributed by atoms with Crippen molar-refractivity contribution in [3.05, 3.63) is 63.1 Å². The third-order valence-electron chi connectivity index (χ3n) is 4.82. The van der Waals surface area contributed by atoms with Crippen LogP contribution in [-0.2, 0) is 5.41 Å². The van der Waals surface area contributed by atoms with Crippen molar-refractivity contribution in [3.8, 4) is 0 Å². The first-order valence-corrected chi connectivity index (χ1v) is 9.58. The van der Waals surface area contributed by atoms with E-state index in [1.54, 1.807) is 0 Å². The molecule has 3 rings (SSSR count). The molecule has 0 heterocycles. The van der Waals surface area contributed by atoms with E-state index in [0.29, 0.717) is 5.11 Å². The number of aryl methyl sites for hydroxylation is 1. The lowest BCUT2D eigenvalue weighted by Gasteiger charge is -2.27. The Morgan fingerprint density at radius 2 is 1.88 bits per heavy atom. The molecule has 0 spiro atoms. The second-order valence-corrected chi connectivity index (χ2v) is 8.20. The summed E-state index contributed by atoms with van der Waals surface area (Å²) in [7, 11) is 0. The topological polar surface area (TPSA) is 24.1 Å². The Kier molecular flexibility index (Phi) is 5.19. The fourth-order valence-electron chi connectivity index (χ4n) is 3.15. The van der Waals surface area contributed by atoms with Crippen molar-refractivity contribution in [2.45, 2.75) is 38.1 Å². The molecule has 2 aromatic carbocycles. The molecule has 2 nitrogen and oxygen atoms in total. The Hall–Kier alpha value is -1.10. The van der Waals surface area contributed by atoms with E-state index >= 15 is 0 Å². The quantitative estimate of drug-likeness (QED) is 0.606. The molecule has 2 N–H and O–H groups in total. The normalized spacial score (nSPS) is 16.3. The Bertz CT molecular complexity index is 756. The van der Waals surface area contributed by atoms with E-state index in [4.69, 9.17) is 23.8 Å². The molecule has 0 bridgehead atoms. The molecule has 1 saturated carbocycles. The second kappa shape index (κ2) is 7.03. The molecule has 126 valence electrons. The highest BCUT2D eigenvalue weighted by molar-refractivity contribution is 9.10. The molecule has 24 heavy (non-hydrogen) atoms. The van der Waals surface area contributed by atoms with Crippen LogP contribution in [0, 0.1) is 6.92 Å². The van der Waals surface area contributed by atoms with Crippen molar-refractivity contribution in [3.63, 3.8) is 0 Å². The van der Waals surface area contributed by atoms with Crippen LogP contribution >= 0.6 is 39.7 Å². The summed E-state index contributed by atoms with van der Waals surface area (Å²) in [6.45, 7) is 4.22. The SMILES string of the molecule is Cc1cc(Cl)ccc1NC(=S)NC(C)C1(c2ccc(Br)cc2)CC1. The average molecular weight is 424 g/mol. The minimum absolute atomic E-state index is 0.182. The van der Waals surface area contributed by atoms with Gasteiger partial charge in [0, 0.05) is 26.6 Å². The number of hydrogen-bond acceptors (Lipinski definition) is 1. The highest BCUT2D eigenvalue weighted by atomic mass is 79.9. The summed E-state index contributed by atoms with van der Waals surface area (Å²) in [5.41, 5.74) is 3.61. The molecule has 0 aromatic heterocycles. The van der Waals surface area contributed by atoms with Gasteiger partial charge in [-0.3, -0.25) is 0 Å². The Labute approximate surface area is 162 Å². The molecule has 0 aliphatic heterocycles. The molecule has 1 aliphatic rings. The molecule has 2 aromatic rings. The third kappa shape index (κ3) is 3.76. The zero-order chi connectivity index (χ0) is 17.3. The lowest BCUT2D eigenvalue weighted by atomic mass is 9.89. The summed E-state index contributed by atoms with van der Waals surface area (Å²) in [6.07, 6.45) is 2.37. The van der Waals surface area contributed by atoms with E-state index in [2.05, 4.69) is 57.8 Å². The average Bonchev–Trinajstić information content (AvgIpc) is 3.32. The Morgan fingerprint density at radius 1 is 1.21 bits per heavy atom. The van der Waals surface area contributed by atoms with Crippen LogP contribution in [0.2, 0.25) is 5.02 Å². The molecule has 1 unspecified atom stereocenters. The monoisotopic (exact) mass is 422 g/mol. The maximum atomic E-state index is 6.01. The molecule has 1 fully saturated rings. The molecular formula is C19H20BrClN2S. The van der Waals surface area contributed by atoms with Gasteiger partial charge in [-0.2, -0.15) is 0 Å². The van der Waals surface area contributed by atoms with Crippen molar-refractivity contribution >= 4 is 50.5 Å². The summed E-state index contributed by atoms with van der Waals surface area (Å²) in [5, 5.41) is 8.13. The van der Waals surface area contributed by atoms with E-state index < -0.39 is 0 Å². The van der Waals surface area contributed by atoms with Crippen molar-refractivity contribution in [2.24, 2.45) is 0 Å². The largest absolute Gasteiger partial charge is 0.359 e. The van der Waals surface area contributed by atoms with E-state index in [-0.39, 0.29) is 11.5 Å². The highest BCUT2D eigenvalue weighted by Crippen LogP contribution is 2.51. The highest BCUT2D eigenvalue weighted by Gasteiger charge is 2.49. The van der Waals surface area contributed by atoms with E-state index in [9.17, 15) is 0 Å². The molecule has 0 saturated heterocycles. The Balaban J connectivity index is 1.67. The van der Waals surface area contributed by atoms with Crippen LogP contribution in [-0.4, -0.2) is 11.2 Å². The van der Waals surface area contributed by atoms with Crippen LogP contribution in [0.5, 0.6) is 0 Å². The van der Waals surface area contributed by atoms with Gasteiger partial charge < -0.3 is 10.6 Å². The van der Waals surface area contributed by atoms with Crippen LogP contribution in [0.3, 0.4) is 0 Å². The van der Waals surface area contributed by atoms with E-state index in [1.165, 1.54) is 18.4 Å². The van der Waals surface area contributed by atoms with E-state index in [1.807, 2.05) is 25.1 Å². The zero-order valence-electron chi connectivity index (χ0n) is 13.7. The molecular weight excluding hydrogens is 404 g/mol. The van der Waals surface area contributed by atoms with Crippen LogP contribution < -0.4 is 10.6 Å². The third-order valence-corrected chi connectivity index (χ3v) is 5.80. The predicted octanol–water partition coefficient (Wildman–Crippen LogP) is 5.82. The Morgan fingerprint density at radius 3 is 2.46 bits per heavy atom. The fourth-order valence-corrected chi connectivity index (χ4v) is 3.93. The van der Waals surface area contributed by atoms with Crippen molar-refractivity contribution in [2.75, 3.05) is 5.32 Å². The van der Waals surface area contributed by atoms with Gasteiger partial charge in [0.15, 0.2) is 5.11 Å². The first-order valence-electron chi connectivity index (χ1n) is 8.00. The molecule has 5 heteroatoms. The molecule has 1 aliphatic carbocycles. The van der Waals surface area contributed by atoms with Gasteiger partial charge in [-0.15, -0.1) is 0 Å². The summed E-state index contributed by atoms with van der Waals surface area (Å²) >= 11 is 15.0. The van der Waals surface area contributed by atoms with Crippen molar-refractivity contribution in [1.29, 1.82) is 0 Å². The maximum absolute atomic E-state index is 6.01. The number of benzene rings is 2. The van der Waals surface area contributed by atoms with Gasteiger partial charge in [0.2, 0.25) is 0 Å². The number of rotatable bonds is 4. The predicted molar refractivity (Wildman–Crippen MR) is 110 cm³/mol. The van der Waals surface area contributed by atoms with Gasteiger partial charge in [0.1, 0.15) is 0 Å². The first-order chi connectivity index (χ1) is 11.4. The number of anilines is 1. The number of thiocarbonyl (C=S) groups is 1. The zero-order valence-corrected chi connectivity index (χ0v) is 16.9. The molecule has 0 amide bonds. The van der Waals surface area contributed by atoms with Gasteiger partial charge in [0.25, 0.3) is 0 Å². The number of nitrogens with one attached hydrogen (secondary N) is 2. The van der Waals surface area contributed by atoms with Crippen LogP contribution in [0.4, 0.5) is 5.69 Å². The van der Waals surface area contributed by atoms with Gasteiger partial charge in [-0.25, -0.2) is 0 Å². The smallest absolute Gasteiger partial charge is 0.171 e. The van der Waals surface area contributed by atoms with Gasteiger partial charge in [-0.1, -0.05) is 39.7 Å². The molecule has 1 atom stereocenters. The number of halogens is 2. The van der Waals surface area contributed by atoms with Crippen molar-refractivity contribution < 1.29 is 0 Å². The van der Waals surface area contributed by atoms with Crippen LogP contribution in [0.15, 0.2) is 46.9 Å². The first kappa shape index (κ1) is 17.7. The van der Waals surface area contributed by atoms with Crippen LogP contribution in [0.25, 0.3) is 0 Å². The van der Waals surface area contributed by atoms with Gasteiger partial charge in [0.05, 0.1) is 0 Å². The van der Waals surface area contributed by atoms with Gasteiger partial charge in [-0.05, 0) is 80.4 Å². The van der Waals surface area contributed by atoms with E-state index in [0.717, 1.165) is 20.7 Å². The minimum Gasteiger partial charge on any atom is -0.359 e. The standard InChI is InChI=1S/C19H20BrClN2S/c1-12-11-16(21)7-8-17(12)23-18(24)22-13(2)19(9-10-19)14-3-5-15(20)6-4-14/h3-8,11,13H,9-10H2,1-2H3,(H2,22,23,24). The maximum Gasteiger partial charge on any atom is 0.171 e. The summed E-state index contributed by atoms with van der Waals surface area (Å²) in [6, 6.07) is 14.6. The minimum atomic E-state index is 0.182.